The fourth-order valence-corrected chi connectivity index (χ4v) is 2.87. The van der Waals surface area contributed by atoms with Crippen molar-refractivity contribution < 1.29 is 9.53 Å². The highest BCUT2D eigenvalue weighted by Crippen LogP contribution is 2.30. The van der Waals surface area contributed by atoms with E-state index >= 15 is 0 Å². The highest BCUT2D eigenvalue weighted by Gasteiger charge is 2.20. The van der Waals surface area contributed by atoms with Gasteiger partial charge in [-0.15, -0.1) is 0 Å². The minimum absolute atomic E-state index is 0.267. The number of benzene rings is 2. The van der Waals surface area contributed by atoms with Gasteiger partial charge in [0.2, 0.25) is 0 Å². The number of nitrogens with one attached hydrogen (secondary N) is 1. The zero-order valence-electron chi connectivity index (χ0n) is 16.1. The first-order valence-electron chi connectivity index (χ1n) is 9.32. The van der Waals surface area contributed by atoms with Gasteiger partial charge in [-0.3, -0.25) is 4.79 Å². The van der Waals surface area contributed by atoms with Crippen LogP contribution in [0.1, 0.15) is 36.3 Å². The number of para-hydroxylation sites is 3. The number of aromatic nitrogens is 1. The summed E-state index contributed by atoms with van der Waals surface area (Å²) in [5.74, 6) is 1.52. The minimum atomic E-state index is -0.267. The summed E-state index contributed by atoms with van der Waals surface area (Å²) < 4.78 is 7.73. The second-order valence-corrected chi connectivity index (χ2v) is 6.88. The van der Waals surface area contributed by atoms with Crippen molar-refractivity contribution in [2.24, 2.45) is 5.92 Å². The van der Waals surface area contributed by atoms with Crippen molar-refractivity contribution in [3.05, 3.63) is 78.1 Å². The van der Waals surface area contributed by atoms with E-state index in [0.29, 0.717) is 40.9 Å². The fourth-order valence-electron chi connectivity index (χ4n) is 2.87. The van der Waals surface area contributed by atoms with Gasteiger partial charge in [0.1, 0.15) is 17.5 Å². The molecule has 3 aromatic rings. The van der Waals surface area contributed by atoms with Gasteiger partial charge < -0.3 is 14.6 Å². The molecule has 0 aliphatic rings. The molecule has 0 unspecified atom stereocenters. The topological polar surface area (TPSA) is 67.0 Å². The number of rotatable bonds is 7. The van der Waals surface area contributed by atoms with E-state index in [1.165, 1.54) is 0 Å². The Kier molecular flexibility index (Phi) is 6.13. The number of amides is 1. The molecule has 5 nitrogen and oxygen atoms in total. The van der Waals surface area contributed by atoms with E-state index < -0.39 is 0 Å². The van der Waals surface area contributed by atoms with Crippen LogP contribution in [0.2, 0.25) is 0 Å². The minimum Gasteiger partial charge on any atom is -0.455 e. The first-order chi connectivity index (χ1) is 13.6. The lowest BCUT2D eigenvalue weighted by atomic mass is 10.1. The van der Waals surface area contributed by atoms with Gasteiger partial charge >= 0.3 is 0 Å². The van der Waals surface area contributed by atoms with Crippen LogP contribution in [-0.2, 0) is 0 Å². The molecule has 0 bridgehead atoms. The van der Waals surface area contributed by atoms with Crippen molar-refractivity contribution in [1.29, 1.82) is 5.26 Å². The predicted octanol–water partition coefficient (Wildman–Crippen LogP) is 4.92. The molecule has 142 valence electrons. The second kappa shape index (κ2) is 8.92. The van der Waals surface area contributed by atoms with Crippen LogP contribution in [0, 0.1) is 17.2 Å². The molecule has 0 spiro atoms. The van der Waals surface area contributed by atoms with E-state index in [1.54, 1.807) is 16.8 Å². The maximum atomic E-state index is 12.8. The predicted molar refractivity (Wildman–Crippen MR) is 109 cm³/mol. The average molecular weight is 373 g/mol. The fraction of sp³-hybridized carbons (Fsp3) is 0.217. The van der Waals surface area contributed by atoms with Gasteiger partial charge in [-0.2, -0.15) is 5.26 Å². The average Bonchev–Trinajstić information content (AvgIpc) is 3.13. The van der Waals surface area contributed by atoms with Crippen LogP contribution in [-0.4, -0.2) is 17.0 Å². The number of carbonyl (C=O) groups is 1. The number of hydrogen-bond acceptors (Lipinski definition) is 3. The third-order valence-electron chi connectivity index (χ3n) is 4.32. The number of nitrogens with zero attached hydrogens (tertiary/aromatic N) is 2. The molecule has 2 aromatic carbocycles. The van der Waals surface area contributed by atoms with Gasteiger partial charge in [0.25, 0.3) is 5.91 Å². The highest BCUT2D eigenvalue weighted by molar-refractivity contribution is 5.96. The zero-order chi connectivity index (χ0) is 19.9. The Labute approximate surface area is 165 Å². The first kappa shape index (κ1) is 19.2. The second-order valence-electron chi connectivity index (χ2n) is 6.88. The Bertz CT molecular complexity index is 985. The molecular formula is C23H23N3O2. The molecular weight excluding hydrogens is 350 g/mol. The van der Waals surface area contributed by atoms with E-state index in [-0.39, 0.29) is 5.91 Å². The smallest absolute Gasteiger partial charge is 0.269 e. The van der Waals surface area contributed by atoms with Crippen LogP contribution in [0.15, 0.2) is 66.9 Å². The molecule has 1 N–H and O–H groups in total. The molecule has 3 rings (SSSR count). The first-order valence-corrected chi connectivity index (χ1v) is 9.32. The van der Waals surface area contributed by atoms with E-state index in [9.17, 15) is 10.1 Å². The molecule has 0 radical (unpaired) electrons. The van der Waals surface area contributed by atoms with Crippen molar-refractivity contribution in [2.45, 2.75) is 20.3 Å². The lowest BCUT2D eigenvalue weighted by Gasteiger charge is -2.15. The lowest BCUT2D eigenvalue weighted by Crippen LogP contribution is -2.28. The molecule has 5 heteroatoms. The van der Waals surface area contributed by atoms with Crippen LogP contribution in [0.3, 0.4) is 0 Å². The molecule has 1 heterocycles. The monoisotopic (exact) mass is 373 g/mol. The molecule has 1 amide bonds. The normalized spacial score (nSPS) is 10.5. The van der Waals surface area contributed by atoms with Crippen molar-refractivity contribution in [1.82, 2.24) is 9.88 Å². The van der Waals surface area contributed by atoms with E-state index in [4.69, 9.17) is 4.74 Å². The third-order valence-corrected chi connectivity index (χ3v) is 4.32. The summed E-state index contributed by atoms with van der Waals surface area (Å²) in [7, 11) is 0. The molecule has 0 fully saturated rings. The van der Waals surface area contributed by atoms with Crippen molar-refractivity contribution in [2.75, 3.05) is 6.54 Å². The maximum absolute atomic E-state index is 12.8. The summed E-state index contributed by atoms with van der Waals surface area (Å²) in [5, 5.41) is 12.4. The third kappa shape index (κ3) is 4.41. The molecule has 0 saturated carbocycles. The number of carbonyl (C=O) groups excluding carboxylic acids is 1. The molecule has 0 saturated heterocycles. The summed E-state index contributed by atoms with van der Waals surface area (Å²) in [4.78, 5) is 12.8. The summed E-state index contributed by atoms with van der Waals surface area (Å²) in [6, 6.07) is 20.7. The van der Waals surface area contributed by atoms with Gasteiger partial charge in [-0.1, -0.05) is 44.2 Å². The number of nitriles is 1. The molecule has 0 atom stereocenters. The van der Waals surface area contributed by atoms with Crippen molar-refractivity contribution in [3.63, 3.8) is 0 Å². The van der Waals surface area contributed by atoms with Crippen LogP contribution >= 0.6 is 0 Å². The van der Waals surface area contributed by atoms with Gasteiger partial charge in [0.15, 0.2) is 5.75 Å². The molecule has 0 aliphatic carbocycles. The summed E-state index contributed by atoms with van der Waals surface area (Å²) in [5.41, 5.74) is 1.34. The highest BCUT2D eigenvalue weighted by atomic mass is 16.5. The molecule has 1 aromatic heterocycles. The van der Waals surface area contributed by atoms with E-state index in [0.717, 1.165) is 6.42 Å². The SMILES string of the molecule is CC(C)CCNC(=O)c1c(C#N)ccn1-c1ccccc1Oc1ccccc1. The van der Waals surface area contributed by atoms with Crippen LogP contribution in [0.25, 0.3) is 5.69 Å². The van der Waals surface area contributed by atoms with Crippen LogP contribution in [0.5, 0.6) is 11.5 Å². The quantitative estimate of drug-likeness (QED) is 0.639. The summed E-state index contributed by atoms with van der Waals surface area (Å²) >= 11 is 0. The van der Waals surface area contributed by atoms with E-state index in [1.807, 2.05) is 54.6 Å². The Morgan fingerprint density at radius 1 is 1.11 bits per heavy atom. The Morgan fingerprint density at radius 3 is 2.54 bits per heavy atom. The van der Waals surface area contributed by atoms with Crippen LogP contribution in [0.4, 0.5) is 0 Å². The van der Waals surface area contributed by atoms with E-state index in [2.05, 4.69) is 25.2 Å². The summed E-state index contributed by atoms with van der Waals surface area (Å²) in [6.45, 7) is 4.77. The largest absolute Gasteiger partial charge is 0.455 e. The van der Waals surface area contributed by atoms with Gasteiger partial charge in [-0.05, 0) is 42.7 Å². The number of hydrogen-bond donors (Lipinski definition) is 1. The van der Waals surface area contributed by atoms with Gasteiger partial charge in [0.05, 0.1) is 11.3 Å². The van der Waals surface area contributed by atoms with Crippen LogP contribution < -0.4 is 10.1 Å². The molecule has 0 aliphatic heterocycles. The van der Waals surface area contributed by atoms with Gasteiger partial charge in [0, 0.05) is 12.7 Å². The maximum Gasteiger partial charge on any atom is 0.269 e. The standard InChI is InChI=1S/C23H23N3O2/c1-17(2)12-14-25-23(27)22-18(16-24)13-15-26(22)20-10-6-7-11-21(20)28-19-8-4-3-5-9-19/h3-11,13,15,17H,12,14H2,1-2H3,(H,25,27). The van der Waals surface area contributed by atoms with Crippen molar-refractivity contribution in [3.8, 4) is 23.3 Å². The molecule has 28 heavy (non-hydrogen) atoms. The Hall–Kier alpha value is -3.52. The van der Waals surface area contributed by atoms with Gasteiger partial charge in [-0.25, -0.2) is 0 Å². The Morgan fingerprint density at radius 2 is 1.82 bits per heavy atom. The number of ether oxygens (including phenoxy) is 1. The van der Waals surface area contributed by atoms with Crippen molar-refractivity contribution >= 4 is 5.91 Å². The summed E-state index contributed by atoms with van der Waals surface area (Å²) in [6.07, 6.45) is 2.60. The lowest BCUT2D eigenvalue weighted by molar-refractivity contribution is 0.0945. The zero-order valence-corrected chi connectivity index (χ0v) is 16.1. The Balaban J connectivity index is 1.95.